The lowest BCUT2D eigenvalue weighted by Crippen LogP contribution is -2.44. The van der Waals surface area contributed by atoms with E-state index in [1.807, 2.05) is 0 Å². The molecule has 1 amide bonds. The van der Waals surface area contributed by atoms with Crippen molar-refractivity contribution >= 4 is 15.9 Å². The third-order valence-corrected chi connectivity index (χ3v) is 4.80. The van der Waals surface area contributed by atoms with Crippen molar-refractivity contribution in [3.63, 3.8) is 0 Å². The van der Waals surface area contributed by atoms with Gasteiger partial charge in [-0.3, -0.25) is 4.79 Å². The fourth-order valence-corrected chi connectivity index (χ4v) is 2.64. The number of amides is 1. The Morgan fingerprint density at radius 1 is 1.31 bits per heavy atom. The van der Waals surface area contributed by atoms with Crippen molar-refractivity contribution in [2.45, 2.75) is 18.6 Å². The number of likely N-dealkylation sites (N-methyl/N-ethyl adjacent to an activating group) is 2. The van der Waals surface area contributed by atoms with Crippen LogP contribution in [0.2, 0.25) is 0 Å². The average molecular weight is 251 g/mol. The largest absolute Gasteiger partial charge is 0.348 e. The molecule has 6 nitrogen and oxygen atoms in total. The Labute approximate surface area is 97.4 Å². The smallest absolute Gasteiger partial charge is 0.237 e. The van der Waals surface area contributed by atoms with E-state index >= 15 is 0 Å². The van der Waals surface area contributed by atoms with Crippen LogP contribution in [-0.2, 0) is 14.8 Å². The van der Waals surface area contributed by atoms with E-state index in [0.717, 1.165) is 4.31 Å². The topological polar surface area (TPSA) is 83.7 Å². The second-order valence-electron chi connectivity index (χ2n) is 3.86. The van der Waals surface area contributed by atoms with E-state index in [2.05, 4.69) is 0 Å². The van der Waals surface area contributed by atoms with Crippen LogP contribution in [0.1, 0.15) is 13.3 Å². The first-order chi connectivity index (χ1) is 7.27. The van der Waals surface area contributed by atoms with Crippen LogP contribution in [0.3, 0.4) is 0 Å². The molecule has 0 saturated heterocycles. The minimum atomic E-state index is -3.47. The molecule has 0 aliphatic rings. The highest BCUT2D eigenvalue weighted by molar-refractivity contribution is 7.89. The van der Waals surface area contributed by atoms with E-state index in [-0.39, 0.29) is 19.0 Å². The maximum Gasteiger partial charge on any atom is 0.237 e. The highest BCUT2D eigenvalue weighted by atomic mass is 32.2. The summed E-state index contributed by atoms with van der Waals surface area (Å²) in [7, 11) is 1.10. The van der Waals surface area contributed by atoms with E-state index in [9.17, 15) is 13.2 Å². The van der Waals surface area contributed by atoms with E-state index < -0.39 is 15.3 Å². The Kier molecular flexibility index (Phi) is 5.91. The van der Waals surface area contributed by atoms with Gasteiger partial charge in [-0.1, -0.05) is 6.92 Å². The normalized spacial score (nSPS) is 13.9. The van der Waals surface area contributed by atoms with Gasteiger partial charge in [0.05, 0.1) is 11.8 Å². The number of rotatable bonds is 6. The van der Waals surface area contributed by atoms with Gasteiger partial charge in [0.2, 0.25) is 15.9 Å². The van der Waals surface area contributed by atoms with Crippen LogP contribution in [-0.4, -0.2) is 63.0 Å². The molecule has 0 radical (unpaired) electrons. The molecule has 0 aliphatic carbocycles. The average Bonchev–Trinajstić information content (AvgIpc) is 2.18. The fraction of sp³-hybridized carbons (Fsp3) is 0.889. The van der Waals surface area contributed by atoms with Gasteiger partial charge in [0.15, 0.2) is 0 Å². The highest BCUT2D eigenvalue weighted by Gasteiger charge is 2.28. The molecular weight excluding hydrogens is 230 g/mol. The van der Waals surface area contributed by atoms with Gasteiger partial charge in [-0.15, -0.1) is 0 Å². The molecular formula is C9H21N3O3S. The lowest BCUT2D eigenvalue weighted by atomic mass is 10.3. The van der Waals surface area contributed by atoms with Crippen molar-refractivity contribution < 1.29 is 13.2 Å². The predicted octanol–water partition coefficient (Wildman–Crippen LogP) is -0.926. The molecule has 1 atom stereocenters. The van der Waals surface area contributed by atoms with Gasteiger partial charge in [-0.2, -0.15) is 4.31 Å². The van der Waals surface area contributed by atoms with Gasteiger partial charge in [-0.25, -0.2) is 8.42 Å². The first-order valence-electron chi connectivity index (χ1n) is 5.12. The number of carbonyl (C=O) groups is 1. The summed E-state index contributed by atoms with van der Waals surface area (Å²) in [6.45, 7) is 1.68. The van der Waals surface area contributed by atoms with Crippen LogP contribution in [0.25, 0.3) is 0 Å². The van der Waals surface area contributed by atoms with E-state index in [1.165, 1.54) is 11.9 Å². The summed E-state index contributed by atoms with van der Waals surface area (Å²) in [6, 6.07) is 0. The molecule has 96 valence electrons. The van der Waals surface area contributed by atoms with Gasteiger partial charge in [0.1, 0.15) is 0 Å². The number of hydrogen-bond acceptors (Lipinski definition) is 4. The number of carbonyl (C=O) groups excluding carboxylic acids is 1. The zero-order chi connectivity index (χ0) is 12.9. The molecule has 0 aromatic carbocycles. The molecule has 0 heterocycles. The molecule has 0 aromatic rings. The van der Waals surface area contributed by atoms with Crippen LogP contribution in [0.15, 0.2) is 0 Å². The second kappa shape index (κ2) is 6.17. The van der Waals surface area contributed by atoms with Gasteiger partial charge >= 0.3 is 0 Å². The molecule has 0 aromatic heterocycles. The molecule has 7 heteroatoms. The highest BCUT2D eigenvalue weighted by Crippen LogP contribution is 2.09. The van der Waals surface area contributed by atoms with Crippen molar-refractivity contribution in [1.82, 2.24) is 9.21 Å². The maximum atomic E-state index is 11.9. The fourth-order valence-electron chi connectivity index (χ4n) is 1.18. The summed E-state index contributed by atoms with van der Waals surface area (Å²) in [5, 5.41) is -0.618. The molecule has 0 spiro atoms. The van der Waals surface area contributed by atoms with Gasteiger partial charge in [0.25, 0.3) is 0 Å². The predicted molar refractivity (Wildman–Crippen MR) is 63.4 cm³/mol. The maximum absolute atomic E-state index is 11.9. The molecule has 0 saturated carbocycles. The minimum Gasteiger partial charge on any atom is -0.348 e. The van der Waals surface area contributed by atoms with Crippen molar-refractivity contribution in [3.8, 4) is 0 Å². The van der Waals surface area contributed by atoms with Crippen molar-refractivity contribution in [3.05, 3.63) is 0 Å². The summed E-state index contributed by atoms with van der Waals surface area (Å²) in [5.41, 5.74) is 5.40. The Morgan fingerprint density at radius 2 is 1.81 bits per heavy atom. The minimum absolute atomic E-state index is 0.0688. The van der Waals surface area contributed by atoms with Crippen LogP contribution in [0.5, 0.6) is 0 Å². The number of sulfonamides is 1. The molecule has 0 bridgehead atoms. The lowest BCUT2D eigenvalue weighted by molar-refractivity contribution is -0.128. The lowest BCUT2D eigenvalue weighted by Gasteiger charge is -2.23. The van der Waals surface area contributed by atoms with E-state index in [0.29, 0.717) is 6.42 Å². The first kappa shape index (κ1) is 15.3. The molecule has 0 fully saturated rings. The summed E-state index contributed by atoms with van der Waals surface area (Å²) in [6.07, 6.45) is 0.444. The Bertz CT molecular complexity index is 323. The summed E-state index contributed by atoms with van der Waals surface area (Å²) in [4.78, 5) is 12.7. The zero-order valence-electron chi connectivity index (χ0n) is 10.3. The molecule has 0 aliphatic heterocycles. The van der Waals surface area contributed by atoms with E-state index in [1.54, 1.807) is 21.0 Å². The Morgan fingerprint density at radius 3 is 2.12 bits per heavy atom. The zero-order valence-corrected chi connectivity index (χ0v) is 11.1. The van der Waals surface area contributed by atoms with Crippen molar-refractivity contribution in [1.29, 1.82) is 0 Å². The van der Waals surface area contributed by atoms with Gasteiger partial charge in [0, 0.05) is 27.7 Å². The number of hydrogen-bond donors (Lipinski definition) is 1. The van der Waals surface area contributed by atoms with Crippen LogP contribution in [0, 0.1) is 0 Å². The first-order valence-corrected chi connectivity index (χ1v) is 6.63. The quantitative estimate of drug-likeness (QED) is 0.661. The second-order valence-corrected chi connectivity index (χ2v) is 6.18. The summed E-state index contributed by atoms with van der Waals surface area (Å²) < 4.78 is 24.9. The van der Waals surface area contributed by atoms with Gasteiger partial charge in [-0.05, 0) is 6.42 Å². The summed E-state index contributed by atoms with van der Waals surface area (Å²) >= 11 is 0. The van der Waals surface area contributed by atoms with Gasteiger partial charge < -0.3 is 10.6 Å². The van der Waals surface area contributed by atoms with Crippen LogP contribution < -0.4 is 5.73 Å². The van der Waals surface area contributed by atoms with E-state index in [4.69, 9.17) is 5.73 Å². The SMILES string of the molecule is CCC(CN)S(=O)(=O)N(C)CC(=O)N(C)C. The summed E-state index contributed by atoms with van der Waals surface area (Å²) in [5.74, 6) is -0.252. The number of nitrogens with zero attached hydrogens (tertiary/aromatic N) is 2. The standard InChI is InChI=1S/C9H21N3O3S/c1-5-8(6-10)16(14,15)12(4)7-9(13)11(2)3/h8H,5-7,10H2,1-4H3. The number of nitrogens with two attached hydrogens (primary N) is 1. The Hall–Kier alpha value is -0.660. The Balaban J connectivity index is 4.71. The molecule has 0 rings (SSSR count). The van der Waals surface area contributed by atoms with Crippen molar-refractivity contribution in [2.24, 2.45) is 5.73 Å². The molecule has 1 unspecified atom stereocenters. The molecule has 16 heavy (non-hydrogen) atoms. The van der Waals surface area contributed by atoms with Crippen molar-refractivity contribution in [2.75, 3.05) is 34.2 Å². The monoisotopic (exact) mass is 251 g/mol. The molecule has 2 N–H and O–H groups in total. The van der Waals surface area contributed by atoms with Crippen LogP contribution in [0.4, 0.5) is 0 Å². The third-order valence-electron chi connectivity index (χ3n) is 2.43. The van der Waals surface area contributed by atoms with Crippen LogP contribution >= 0.6 is 0 Å². The third kappa shape index (κ3) is 3.73.